The zero-order valence-electron chi connectivity index (χ0n) is 11.4. The average molecular weight is 272 g/mol. The van der Waals surface area contributed by atoms with Gasteiger partial charge in [-0.2, -0.15) is 5.10 Å². The first-order valence-electron chi connectivity index (χ1n) is 6.27. The minimum absolute atomic E-state index is 0.233. The quantitative estimate of drug-likeness (QED) is 0.859. The number of carboxylic acids is 1. The molecule has 2 rings (SSSR count). The van der Waals surface area contributed by atoms with E-state index in [0.717, 1.165) is 17.0 Å². The van der Waals surface area contributed by atoms with Gasteiger partial charge in [0.05, 0.1) is 11.4 Å². The van der Waals surface area contributed by atoms with E-state index in [1.54, 1.807) is 6.92 Å². The van der Waals surface area contributed by atoms with Crippen LogP contribution < -0.4 is 5.32 Å². The van der Waals surface area contributed by atoms with Gasteiger partial charge >= 0.3 is 5.97 Å². The normalized spacial score (nSPS) is 11.9. The summed E-state index contributed by atoms with van der Waals surface area (Å²) in [5, 5.41) is 19.9. The van der Waals surface area contributed by atoms with Gasteiger partial charge in [-0.05, 0) is 19.4 Å². The minimum atomic E-state index is -0.948. The van der Waals surface area contributed by atoms with Crippen LogP contribution in [0.2, 0.25) is 0 Å². The van der Waals surface area contributed by atoms with Crippen LogP contribution in [0.1, 0.15) is 17.0 Å². The number of aliphatic carboxylic acids is 1. The Morgan fingerprint density at radius 3 is 2.50 bits per heavy atom. The van der Waals surface area contributed by atoms with Crippen LogP contribution in [-0.4, -0.2) is 32.3 Å². The molecule has 0 aliphatic rings. The van der Waals surface area contributed by atoms with E-state index in [0.29, 0.717) is 6.42 Å². The number of aryl methyl sites for hydroxylation is 2. The van der Waals surface area contributed by atoms with Gasteiger partial charge in [0.15, 0.2) is 0 Å². The molecule has 0 aliphatic heterocycles. The number of hydrogen-bond acceptors (Lipinski definition) is 5. The Morgan fingerprint density at radius 1 is 1.20 bits per heavy atom. The molecule has 0 aliphatic carbocycles. The molecule has 0 radical (unpaired) electrons. The van der Waals surface area contributed by atoms with Crippen LogP contribution in [0.5, 0.6) is 0 Å². The van der Waals surface area contributed by atoms with Crippen molar-refractivity contribution < 1.29 is 9.90 Å². The molecule has 1 heterocycles. The largest absolute Gasteiger partial charge is 0.480 e. The van der Waals surface area contributed by atoms with Crippen molar-refractivity contribution in [1.29, 1.82) is 0 Å². The number of aromatic nitrogens is 3. The van der Waals surface area contributed by atoms with Gasteiger partial charge in [0.1, 0.15) is 6.04 Å². The molecular formula is C14H16N4O2. The topological polar surface area (TPSA) is 88.0 Å². The number of anilines is 1. The molecule has 6 heteroatoms. The van der Waals surface area contributed by atoms with E-state index in [9.17, 15) is 9.90 Å². The molecule has 1 aromatic heterocycles. The number of nitrogens with one attached hydrogen (secondary N) is 1. The summed E-state index contributed by atoms with van der Waals surface area (Å²) >= 11 is 0. The maximum atomic E-state index is 11.3. The Hall–Kier alpha value is -2.50. The fraction of sp³-hybridized carbons (Fsp3) is 0.286. The Labute approximate surface area is 116 Å². The lowest BCUT2D eigenvalue weighted by Gasteiger charge is -2.14. The molecule has 1 atom stereocenters. The van der Waals surface area contributed by atoms with Gasteiger partial charge in [0.25, 0.3) is 0 Å². The zero-order chi connectivity index (χ0) is 14.5. The zero-order valence-corrected chi connectivity index (χ0v) is 11.4. The number of rotatable bonds is 5. The summed E-state index contributed by atoms with van der Waals surface area (Å²) in [5.74, 6) is -0.716. The molecule has 20 heavy (non-hydrogen) atoms. The fourth-order valence-electron chi connectivity index (χ4n) is 1.72. The van der Waals surface area contributed by atoms with E-state index < -0.39 is 12.0 Å². The predicted octanol–water partition coefficient (Wildman–Crippen LogP) is 1.60. The molecule has 6 nitrogen and oxygen atoms in total. The number of carboxylic acid groups (broad SMARTS) is 1. The second-order valence-electron chi connectivity index (χ2n) is 4.53. The van der Waals surface area contributed by atoms with Gasteiger partial charge in [0, 0.05) is 6.42 Å². The van der Waals surface area contributed by atoms with E-state index in [-0.39, 0.29) is 5.95 Å². The SMILES string of the molecule is Cc1nnc(N[C@H](Cc2ccccc2)C(=O)O)nc1C. The van der Waals surface area contributed by atoms with Gasteiger partial charge in [-0.1, -0.05) is 30.3 Å². The maximum Gasteiger partial charge on any atom is 0.326 e. The van der Waals surface area contributed by atoms with E-state index in [2.05, 4.69) is 20.5 Å². The molecule has 0 fully saturated rings. The second-order valence-corrected chi connectivity index (χ2v) is 4.53. The lowest BCUT2D eigenvalue weighted by Crippen LogP contribution is -2.32. The Kier molecular flexibility index (Phi) is 4.24. The highest BCUT2D eigenvalue weighted by molar-refractivity contribution is 5.76. The predicted molar refractivity (Wildman–Crippen MR) is 74.5 cm³/mol. The van der Waals surface area contributed by atoms with Gasteiger partial charge in [-0.3, -0.25) is 0 Å². The van der Waals surface area contributed by atoms with E-state index >= 15 is 0 Å². The summed E-state index contributed by atoms with van der Waals surface area (Å²) < 4.78 is 0. The van der Waals surface area contributed by atoms with Gasteiger partial charge < -0.3 is 10.4 Å². The van der Waals surface area contributed by atoms with Crippen LogP contribution in [0.25, 0.3) is 0 Å². The highest BCUT2D eigenvalue weighted by Crippen LogP contribution is 2.09. The van der Waals surface area contributed by atoms with Crippen LogP contribution >= 0.6 is 0 Å². The Morgan fingerprint density at radius 2 is 1.90 bits per heavy atom. The van der Waals surface area contributed by atoms with Gasteiger partial charge in [-0.25, -0.2) is 9.78 Å². The van der Waals surface area contributed by atoms with Crippen molar-refractivity contribution in [3.63, 3.8) is 0 Å². The van der Waals surface area contributed by atoms with Gasteiger partial charge in [0.2, 0.25) is 5.95 Å². The molecule has 0 bridgehead atoms. The third kappa shape index (κ3) is 3.50. The van der Waals surface area contributed by atoms with Crippen molar-refractivity contribution in [2.45, 2.75) is 26.3 Å². The van der Waals surface area contributed by atoms with Crippen molar-refractivity contribution >= 4 is 11.9 Å². The smallest absolute Gasteiger partial charge is 0.326 e. The first kappa shape index (κ1) is 13.9. The van der Waals surface area contributed by atoms with Crippen LogP contribution in [0.15, 0.2) is 30.3 Å². The van der Waals surface area contributed by atoms with Crippen molar-refractivity contribution in [3.8, 4) is 0 Å². The van der Waals surface area contributed by atoms with Crippen LogP contribution in [0.3, 0.4) is 0 Å². The minimum Gasteiger partial charge on any atom is -0.480 e. The molecule has 2 N–H and O–H groups in total. The second kappa shape index (κ2) is 6.10. The van der Waals surface area contributed by atoms with Crippen LogP contribution in [0.4, 0.5) is 5.95 Å². The first-order valence-corrected chi connectivity index (χ1v) is 6.27. The lowest BCUT2D eigenvalue weighted by molar-refractivity contribution is -0.137. The third-order valence-electron chi connectivity index (χ3n) is 2.98. The first-order chi connectivity index (χ1) is 9.56. The monoisotopic (exact) mass is 272 g/mol. The van der Waals surface area contributed by atoms with Crippen molar-refractivity contribution in [2.24, 2.45) is 0 Å². The summed E-state index contributed by atoms with van der Waals surface area (Å²) in [6.07, 6.45) is 0.354. The standard InChI is InChI=1S/C14H16N4O2/c1-9-10(2)17-18-14(15-9)16-12(13(19)20)8-11-6-4-3-5-7-11/h3-7,12H,8H2,1-2H3,(H,19,20)(H,15,16,18)/t12-/m1/s1. The lowest BCUT2D eigenvalue weighted by atomic mass is 10.1. The Balaban J connectivity index is 2.13. The molecule has 0 spiro atoms. The molecule has 0 amide bonds. The fourth-order valence-corrected chi connectivity index (χ4v) is 1.72. The number of hydrogen-bond donors (Lipinski definition) is 2. The average Bonchev–Trinajstić information content (AvgIpc) is 2.43. The van der Waals surface area contributed by atoms with Crippen molar-refractivity contribution in [1.82, 2.24) is 15.2 Å². The van der Waals surface area contributed by atoms with E-state index in [1.165, 1.54) is 0 Å². The molecule has 104 valence electrons. The summed E-state index contributed by atoms with van der Waals surface area (Å²) in [5.41, 5.74) is 2.39. The third-order valence-corrected chi connectivity index (χ3v) is 2.98. The Bertz CT molecular complexity index is 601. The summed E-state index contributed by atoms with van der Waals surface area (Å²) in [6.45, 7) is 3.61. The summed E-state index contributed by atoms with van der Waals surface area (Å²) in [7, 11) is 0. The number of benzene rings is 1. The van der Waals surface area contributed by atoms with Gasteiger partial charge in [-0.15, -0.1) is 5.10 Å². The molecular weight excluding hydrogens is 256 g/mol. The maximum absolute atomic E-state index is 11.3. The number of nitrogens with zero attached hydrogens (tertiary/aromatic N) is 3. The highest BCUT2D eigenvalue weighted by Gasteiger charge is 2.19. The molecule has 1 aromatic carbocycles. The summed E-state index contributed by atoms with van der Waals surface area (Å²) in [6, 6.07) is 8.63. The van der Waals surface area contributed by atoms with Crippen LogP contribution in [0, 0.1) is 13.8 Å². The summed E-state index contributed by atoms with van der Waals surface area (Å²) in [4.78, 5) is 15.5. The number of carbonyl (C=O) groups is 1. The molecule has 2 aromatic rings. The van der Waals surface area contributed by atoms with Crippen molar-refractivity contribution in [2.75, 3.05) is 5.32 Å². The highest BCUT2D eigenvalue weighted by atomic mass is 16.4. The molecule has 0 saturated heterocycles. The molecule has 0 saturated carbocycles. The van der Waals surface area contributed by atoms with E-state index in [1.807, 2.05) is 37.3 Å². The van der Waals surface area contributed by atoms with Crippen molar-refractivity contribution in [3.05, 3.63) is 47.3 Å². The van der Waals surface area contributed by atoms with E-state index in [4.69, 9.17) is 0 Å². The van der Waals surface area contributed by atoms with Crippen LogP contribution in [-0.2, 0) is 11.2 Å². The molecule has 0 unspecified atom stereocenters.